The second-order valence-electron chi connectivity index (χ2n) is 3.98. The first-order valence-corrected chi connectivity index (χ1v) is 6.06. The van der Waals surface area contributed by atoms with Crippen molar-refractivity contribution in [3.63, 3.8) is 0 Å². The summed E-state index contributed by atoms with van der Waals surface area (Å²) in [5, 5.41) is 1.32. The third-order valence-electron chi connectivity index (χ3n) is 2.86. The minimum atomic E-state index is -0.00245. The molecule has 84 valence electrons. The maximum atomic E-state index is 12.4. The molecule has 2 heterocycles. The van der Waals surface area contributed by atoms with Crippen LogP contribution in [0.3, 0.4) is 0 Å². The lowest BCUT2D eigenvalue weighted by Gasteiger charge is -2.05. The van der Waals surface area contributed by atoms with Crippen molar-refractivity contribution in [1.82, 2.24) is 4.98 Å². The highest BCUT2D eigenvalue weighted by molar-refractivity contribution is 7.24. The molecule has 3 aromatic rings. The zero-order chi connectivity index (χ0) is 12.0. The SMILES string of the molecule is Cc1ccc(N)c2c(=O)c3ccncc3sc12. The van der Waals surface area contributed by atoms with Crippen LogP contribution in [-0.4, -0.2) is 4.98 Å². The normalized spacial score (nSPS) is 11.1. The zero-order valence-electron chi connectivity index (χ0n) is 9.23. The molecule has 0 aliphatic heterocycles. The summed E-state index contributed by atoms with van der Waals surface area (Å²) in [6.07, 6.45) is 3.36. The summed E-state index contributed by atoms with van der Waals surface area (Å²) in [5.74, 6) is 0. The van der Waals surface area contributed by atoms with E-state index < -0.39 is 0 Å². The molecule has 0 radical (unpaired) electrons. The Bertz CT molecular complexity index is 792. The van der Waals surface area contributed by atoms with Crippen molar-refractivity contribution < 1.29 is 0 Å². The first-order valence-electron chi connectivity index (χ1n) is 5.24. The van der Waals surface area contributed by atoms with Crippen molar-refractivity contribution in [3.8, 4) is 0 Å². The summed E-state index contributed by atoms with van der Waals surface area (Å²) in [6, 6.07) is 5.48. The molecule has 0 saturated carbocycles. The predicted molar refractivity (Wildman–Crippen MR) is 72.5 cm³/mol. The minimum absolute atomic E-state index is 0.00245. The van der Waals surface area contributed by atoms with E-state index >= 15 is 0 Å². The van der Waals surface area contributed by atoms with E-state index in [-0.39, 0.29) is 5.43 Å². The highest BCUT2D eigenvalue weighted by atomic mass is 32.1. The van der Waals surface area contributed by atoms with Crippen LogP contribution in [-0.2, 0) is 0 Å². The Kier molecular flexibility index (Phi) is 2.12. The van der Waals surface area contributed by atoms with E-state index in [9.17, 15) is 4.79 Å². The van der Waals surface area contributed by atoms with Gasteiger partial charge in [-0.3, -0.25) is 9.78 Å². The van der Waals surface area contributed by atoms with Crippen LogP contribution in [0.4, 0.5) is 5.69 Å². The largest absolute Gasteiger partial charge is 0.398 e. The number of anilines is 1. The lowest BCUT2D eigenvalue weighted by molar-refractivity contribution is 1.37. The van der Waals surface area contributed by atoms with Gasteiger partial charge in [-0.15, -0.1) is 11.3 Å². The Morgan fingerprint density at radius 2 is 2.12 bits per heavy atom. The van der Waals surface area contributed by atoms with Gasteiger partial charge in [0, 0.05) is 28.2 Å². The maximum absolute atomic E-state index is 12.4. The number of nitrogens with zero attached hydrogens (tertiary/aromatic N) is 1. The Morgan fingerprint density at radius 1 is 1.29 bits per heavy atom. The van der Waals surface area contributed by atoms with Crippen molar-refractivity contribution in [1.29, 1.82) is 0 Å². The fraction of sp³-hybridized carbons (Fsp3) is 0.0769. The van der Waals surface area contributed by atoms with E-state index in [0.717, 1.165) is 15.0 Å². The summed E-state index contributed by atoms with van der Waals surface area (Å²) in [5.41, 5.74) is 7.52. The molecule has 3 nitrogen and oxygen atoms in total. The van der Waals surface area contributed by atoms with Crippen LogP contribution < -0.4 is 11.2 Å². The van der Waals surface area contributed by atoms with Crippen LogP contribution in [0, 0.1) is 6.92 Å². The Morgan fingerprint density at radius 3 is 2.94 bits per heavy atom. The van der Waals surface area contributed by atoms with Gasteiger partial charge < -0.3 is 5.73 Å². The van der Waals surface area contributed by atoms with Gasteiger partial charge in [-0.2, -0.15) is 0 Å². The van der Waals surface area contributed by atoms with Gasteiger partial charge in [0.2, 0.25) is 0 Å². The fourth-order valence-corrected chi connectivity index (χ4v) is 3.11. The quantitative estimate of drug-likeness (QED) is 0.487. The molecule has 2 aromatic heterocycles. The van der Waals surface area contributed by atoms with Crippen LogP contribution in [0.5, 0.6) is 0 Å². The van der Waals surface area contributed by atoms with Crippen LogP contribution in [0.2, 0.25) is 0 Å². The van der Waals surface area contributed by atoms with E-state index in [4.69, 9.17) is 5.73 Å². The number of pyridine rings is 1. The number of nitrogen functional groups attached to an aromatic ring is 1. The summed E-state index contributed by atoms with van der Waals surface area (Å²) in [4.78, 5) is 16.4. The summed E-state index contributed by atoms with van der Waals surface area (Å²) in [7, 11) is 0. The second kappa shape index (κ2) is 3.53. The van der Waals surface area contributed by atoms with Crippen LogP contribution in [0.1, 0.15) is 5.56 Å². The Balaban J connectivity index is 2.69. The number of hydrogen-bond donors (Lipinski definition) is 1. The topological polar surface area (TPSA) is 56.0 Å². The molecule has 0 fully saturated rings. The van der Waals surface area contributed by atoms with Gasteiger partial charge in [0.15, 0.2) is 5.43 Å². The van der Waals surface area contributed by atoms with Crippen LogP contribution in [0.25, 0.3) is 20.2 Å². The van der Waals surface area contributed by atoms with Crippen molar-refractivity contribution in [2.45, 2.75) is 6.92 Å². The summed E-state index contributed by atoms with van der Waals surface area (Å²) in [6.45, 7) is 1.99. The number of rotatable bonds is 0. The van der Waals surface area contributed by atoms with Crippen molar-refractivity contribution in [2.24, 2.45) is 0 Å². The van der Waals surface area contributed by atoms with Crippen molar-refractivity contribution >= 4 is 37.2 Å². The zero-order valence-corrected chi connectivity index (χ0v) is 10.0. The lowest BCUT2D eigenvalue weighted by Crippen LogP contribution is -2.04. The van der Waals surface area contributed by atoms with E-state index in [2.05, 4.69) is 4.98 Å². The molecule has 0 unspecified atom stereocenters. The van der Waals surface area contributed by atoms with E-state index in [0.29, 0.717) is 16.5 Å². The Labute approximate surface area is 102 Å². The molecule has 0 bridgehead atoms. The molecular weight excluding hydrogens is 232 g/mol. The highest BCUT2D eigenvalue weighted by Gasteiger charge is 2.10. The molecule has 17 heavy (non-hydrogen) atoms. The van der Waals surface area contributed by atoms with Gasteiger partial charge in [0.1, 0.15) is 0 Å². The molecule has 1 aromatic carbocycles. The first-order chi connectivity index (χ1) is 8.18. The number of benzene rings is 1. The average Bonchev–Trinajstić information content (AvgIpc) is 2.34. The van der Waals surface area contributed by atoms with E-state index in [1.807, 2.05) is 13.0 Å². The lowest BCUT2D eigenvalue weighted by atomic mass is 10.1. The van der Waals surface area contributed by atoms with Crippen LogP contribution in [0.15, 0.2) is 35.4 Å². The van der Waals surface area contributed by atoms with Gasteiger partial charge in [-0.25, -0.2) is 0 Å². The smallest absolute Gasteiger partial charge is 0.198 e. The molecular formula is C13H10N2OS. The molecule has 0 aliphatic rings. The van der Waals surface area contributed by atoms with E-state index in [1.165, 1.54) is 0 Å². The molecule has 3 rings (SSSR count). The van der Waals surface area contributed by atoms with Gasteiger partial charge in [0.05, 0.1) is 10.1 Å². The van der Waals surface area contributed by atoms with Crippen molar-refractivity contribution in [2.75, 3.05) is 5.73 Å². The van der Waals surface area contributed by atoms with Crippen molar-refractivity contribution in [3.05, 3.63) is 46.4 Å². The van der Waals surface area contributed by atoms with Gasteiger partial charge in [-0.05, 0) is 24.6 Å². The predicted octanol–water partition coefficient (Wildman–Crippen LogP) is 2.70. The summed E-state index contributed by atoms with van der Waals surface area (Å²) < 4.78 is 1.86. The van der Waals surface area contributed by atoms with Gasteiger partial charge in [0.25, 0.3) is 0 Å². The van der Waals surface area contributed by atoms with Gasteiger partial charge >= 0.3 is 0 Å². The molecule has 0 aliphatic carbocycles. The molecule has 0 atom stereocenters. The molecule has 0 spiro atoms. The summed E-state index contributed by atoms with van der Waals surface area (Å²) >= 11 is 1.56. The molecule has 0 saturated heterocycles. The number of nitrogens with two attached hydrogens (primary N) is 1. The maximum Gasteiger partial charge on any atom is 0.198 e. The third kappa shape index (κ3) is 1.41. The molecule has 2 N–H and O–H groups in total. The number of fused-ring (bicyclic) bond motifs is 2. The highest BCUT2D eigenvalue weighted by Crippen LogP contribution is 2.29. The van der Waals surface area contributed by atoms with Crippen LogP contribution >= 0.6 is 11.3 Å². The number of aromatic nitrogens is 1. The molecule has 4 heteroatoms. The second-order valence-corrected chi connectivity index (χ2v) is 5.03. The van der Waals surface area contributed by atoms with Gasteiger partial charge in [-0.1, -0.05) is 6.07 Å². The molecule has 0 amide bonds. The minimum Gasteiger partial charge on any atom is -0.398 e. The first kappa shape index (κ1) is 10.2. The Hall–Kier alpha value is -1.94. The number of hydrogen-bond acceptors (Lipinski definition) is 4. The van der Waals surface area contributed by atoms with E-state index in [1.54, 1.807) is 35.9 Å². The third-order valence-corrected chi connectivity index (χ3v) is 4.13. The fourth-order valence-electron chi connectivity index (χ4n) is 1.96. The average molecular weight is 242 g/mol. The standard InChI is InChI=1S/C13H10N2OS/c1-7-2-3-9(14)11-12(16)8-4-5-15-6-10(8)17-13(7)11/h2-6H,14H2,1H3. The number of aryl methyl sites for hydroxylation is 1. The monoisotopic (exact) mass is 242 g/mol.